The molecule has 9 heteroatoms. The van der Waals surface area contributed by atoms with Crippen molar-refractivity contribution in [3.63, 3.8) is 0 Å². The number of nitrogens with zero attached hydrogens (tertiary/aromatic N) is 3. The predicted octanol–water partition coefficient (Wildman–Crippen LogP) is 5.14. The average Bonchev–Trinajstić information content (AvgIpc) is 3.27. The van der Waals surface area contributed by atoms with Crippen LogP contribution >= 0.6 is 0 Å². The lowest BCUT2D eigenvalue weighted by atomic mass is 10.1. The minimum Gasteiger partial charge on any atom is -0.497 e. The number of carbonyl (C=O) groups excluding carboxylic acids is 1. The van der Waals surface area contributed by atoms with Crippen LogP contribution in [0.3, 0.4) is 0 Å². The molecular formula is C28H30N4O5. The standard InChI is InChI=1S/C28H30N4O5/c1-34-20-9-10-23-26(18-20)37-25-8-5-4-7-24(25)30-27(23)31-11-6-12-32(14-13-31)28(33)29-19-15-21(35-2)17-22(16-19)36-3/h4-5,7-10,15-18H,6,11-14H2,1-3H3,(H,29,33). The molecule has 1 N–H and O–H groups in total. The fraction of sp³-hybridized carbons (Fsp3) is 0.286. The summed E-state index contributed by atoms with van der Waals surface area (Å²) < 4.78 is 22.3. The first-order valence-corrected chi connectivity index (χ1v) is 12.2. The van der Waals surface area contributed by atoms with Crippen LogP contribution < -0.4 is 24.3 Å². The molecular weight excluding hydrogens is 472 g/mol. The number of rotatable bonds is 4. The Morgan fingerprint density at radius 2 is 1.59 bits per heavy atom. The van der Waals surface area contributed by atoms with Gasteiger partial charge in [-0.1, -0.05) is 12.1 Å². The highest BCUT2D eigenvalue weighted by Crippen LogP contribution is 2.39. The molecule has 0 bridgehead atoms. The van der Waals surface area contributed by atoms with E-state index >= 15 is 0 Å². The number of nitrogens with one attached hydrogen (secondary N) is 1. The summed E-state index contributed by atoms with van der Waals surface area (Å²) in [7, 11) is 4.80. The van der Waals surface area contributed by atoms with E-state index in [0.717, 1.165) is 30.1 Å². The number of carbonyl (C=O) groups is 1. The number of hydrogen-bond acceptors (Lipinski definition) is 7. The Labute approximate surface area is 216 Å². The van der Waals surface area contributed by atoms with Crippen LogP contribution in [0.15, 0.2) is 65.7 Å². The van der Waals surface area contributed by atoms with Gasteiger partial charge >= 0.3 is 6.03 Å². The summed E-state index contributed by atoms with van der Waals surface area (Å²) >= 11 is 0. The lowest BCUT2D eigenvalue weighted by Crippen LogP contribution is -2.39. The second kappa shape index (κ2) is 10.7. The molecule has 0 spiro atoms. The number of amides is 2. The number of benzene rings is 3. The first-order chi connectivity index (χ1) is 18.1. The Morgan fingerprint density at radius 3 is 2.35 bits per heavy atom. The number of para-hydroxylation sites is 2. The lowest BCUT2D eigenvalue weighted by molar-refractivity contribution is 0.214. The third-order valence-electron chi connectivity index (χ3n) is 6.43. The molecule has 2 amide bonds. The van der Waals surface area contributed by atoms with Crippen LogP contribution in [0.2, 0.25) is 0 Å². The Bertz CT molecular complexity index is 1300. The van der Waals surface area contributed by atoms with Gasteiger partial charge in [-0.2, -0.15) is 0 Å². The van der Waals surface area contributed by atoms with Crippen LogP contribution in [-0.2, 0) is 0 Å². The molecule has 0 radical (unpaired) electrons. The first-order valence-electron chi connectivity index (χ1n) is 12.2. The highest BCUT2D eigenvalue weighted by molar-refractivity contribution is 6.04. The van der Waals surface area contributed by atoms with Crippen molar-refractivity contribution in [2.24, 2.45) is 4.99 Å². The largest absolute Gasteiger partial charge is 0.497 e. The third kappa shape index (κ3) is 5.25. The maximum atomic E-state index is 13.1. The maximum absolute atomic E-state index is 13.1. The van der Waals surface area contributed by atoms with Gasteiger partial charge in [0.15, 0.2) is 5.75 Å². The first kappa shape index (κ1) is 24.3. The molecule has 9 nitrogen and oxygen atoms in total. The third-order valence-corrected chi connectivity index (χ3v) is 6.43. The normalized spacial score (nSPS) is 14.7. The number of ether oxygens (including phenoxy) is 4. The second-order valence-electron chi connectivity index (χ2n) is 8.73. The van der Waals surface area contributed by atoms with Gasteiger partial charge in [0, 0.05) is 56.1 Å². The fourth-order valence-corrected chi connectivity index (χ4v) is 4.48. The summed E-state index contributed by atoms with van der Waals surface area (Å²) in [5.41, 5.74) is 2.27. The summed E-state index contributed by atoms with van der Waals surface area (Å²) in [5.74, 6) is 4.14. The monoisotopic (exact) mass is 502 g/mol. The minimum atomic E-state index is -0.168. The second-order valence-corrected chi connectivity index (χ2v) is 8.73. The van der Waals surface area contributed by atoms with Gasteiger partial charge in [-0.05, 0) is 30.7 Å². The van der Waals surface area contributed by atoms with Crippen molar-refractivity contribution in [2.45, 2.75) is 6.42 Å². The molecule has 1 fully saturated rings. The molecule has 192 valence electrons. The summed E-state index contributed by atoms with van der Waals surface area (Å²) in [6.07, 6.45) is 0.794. The maximum Gasteiger partial charge on any atom is 0.321 e. The molecule has 2 aliphatic rings. The average molecular weight is 503 g/mol. The molecule has 37 heavy (non-hydrogen) atoms. The van der Waals surface area contributed by atoms with E-state index in [-0.39, 0.29) is 6.03 Å². The SMILES string of the molecule is COc1cc(NC(=O)N2CCCN(C3=Nc4ccccc4Oc4cc(OC)ccc43)CC2)cc(OC)c1. The van der Waals surface area contributed by atoms with Gasteiger partial charge < -0.3 is 34.1 Å². The van der Waals surface area contributed by atoms with Crippen LogP contribution in [0, 0.1) is 0 Å². The Balaban J connectivity index is 1.36. The number of fused-ring (bicyclic) bond motifs is 2. The molecule has 3 aromatic rings. The smallest absolute Gasteiger partial charge is 0.321 e. The number of aliphatic imine (C=N–C) groups is 1. The zero-order chi connectivity index (χ0) is 25.8. The highest BCUT2D eigenvalue weighted by atomic mass is 16.5. The van der Waals surface area contributed by atoms with Crippen molar-refractivity contribution in [3.05, 3.63) is 66.2 Å². The molecule has 1 saturated heterocycles. The van der Waals surface area contributed by atoms with Crippen molar-refractivity contribution in [3.8, 4) is 28.7 Å². The molecule has 0 unspecified atom stereocenters. The Hall–Kier alpha value is -4.40. The Morgan fingerprint density at radius 1 is 0.838 bits per heavy atom. The minimum absolute atomic E-state index is 0.168. The number of anilines is 1. The van der Waals surface area contributed by atoms with E-state index in [1.165, 1.54) is 0 Å². The quantitative estimate of drug-likeness (QED) is 0.532. The van der Waals surface area contributed by atoms with Crippen molar-refractivity contribution >= 4 is 23.2 Å². The van der Waals surface area contributed by atoms with E-state index in [9.17, 15) is 4.79 Å². The lowest BCUT2D eigenvalue weighted by Gasteiger charge is -2.25. The summed E-state index contributed by atoms with van der Waals surface area (Å²) in [6.45, 7) is 2.55. The molecule has 0 aromatic heterocycles. The van der Waals surface area contributed by atoms with E-state index in [0.29, 0.717) is 54.1 Å². The Kier molecular flexibility index (Phi) is 7.02. The summed E-state index contributed by atoms with van der Waals surface area (Å²) in [5, 5.41) is 2.98. The van der Waals surface area contributed by atoms with Gasteiger partial charge in [0.05, 0.1) is 26.9 Å². The predicted molar refractivity (Wildman–Crippen MR) is 142 cm³/mol. The van der Waals surface area contributed by atoms with Crippen molar-refractivity contribution in [1.29, 1.82) is 0 Å². The number of methoxy groups -OCH3 is 3. The summed E-state index contributed by atoms with van der Waals surface area (Å²) in [4.78, 5) is 22.2. The van der Waals surface area contributed by atoms with Gasteiger partial charge in [0.1, 0.15) is 34.5 Å². The topological polar surface area (TPSA) is 84.9 Å². The van der Waals surface area contributed by atoms with Crippen LogP contribution in [0.1, 0.15) is 12.0 Å². The highest BCUT2D eigenvalue weighted by Gasteiger charge is 2.26. The van der Waals surface area contributed by atoms with Crippen molar-refractivity contribution < 1.29 is 23.7 Å². The molecule has 0 aliphatic carbocycles. The molecule has 5 rings (SSSR count). The van der Waals surface area contributed by atoms with Crippen LogP contribution in [0.4, 0.5) is 16.2 Å². The van der Waals surface area contributed by atoms with E-state index in [2.05, 4.69) is 10.2 Å². The molecule has 2 aliphatic heterocycles. The number of urea groups is 1. The van der Waals surface area contributed by atoms with Gasteiger partial charge in [0.25, 0.3) is 0 Å². The van der Waals surface area contributed by atoms with Gasteiger partial charge in [0.2, 0.25) is 0 Å². The van der Waals surface area contributed by atoms with Crippen LogP contribution in [0.5, 0.6) is 28.7 Å². The van der Waals surface area contributed by atoms with E-state index in [1.54, 1.807) is 39.5 Å². The number of hydrogen-bond donors (Lipinski definition) is 1. The van der Waals surface area contributed by atoms with Crippen molar-refractivity contribution in [2.75, 3.05) is 52.8 Å². The van der Waals surface area contributed by atoms with E-state index in [1.807, 2.05) is 47.4 Å². The molecule has 0 atom stereocenters. The number of amidine groups is 1. The van der Waals surface area contributed by atoms with E-state index in [4.69, 9.17) is 23.9 Å². The molecule has 3 aromatic carbocycles. The van der Waals surface area contributed by atoms with Gasteiger partial charge in [-0.25, -0.2) is 9.79 Å². The van der Waals surface area contributed by atoms with Gasteiger partial charge in [-0.15, -0.1) is 0 Å². The van der Waals surface area contributed by atoms with Gasteiger partial charge in [-0.3, -0.25) is 0 Å². The molecule has 0 saturated carbocycles. The van der Waals surface area contributed by atoms with Crippen LogP contribution in [0.25, 0.3) is 0 Å². The molecule has 2 heterocycles. The summed E-state index contributed by atoms with van der Waals surface area (Å²) in [6, 6.07) is 18.6. The van der Waals surface area contributed by atoms with E-state index < -0.39 is 0 Å². The zero-order valence-electron chi connectivity index (χ0n) is 21.2. The zero-order valence-corrected chi connectivity index (χ0v) is 21.2. The van der Waals surface area contributed by atoms with Crippen molar-refractivity contribution in [1.82, 2.24) is 9.80 Å². The van der Waals surface area contributed by atoms with Crippen LogP contribution in [-0.4, -0.2) is 69.2 Å². The fourth-order valence-electron chi connectivity index (χ4n) is 4.48.